The molecule has 0 spiro atoms. The highest BCUT2D eigenvalue weighted by atomic mass is 35.5. The predicted molar refractivity (Wildman–Crippen MR) is 92.7 cm³/mol. The van der Waals surface area contributed by atoms with Crippen LogP contribution in [0.2, 0.25) is 5.02 Å². The molecule has 4 nitrogen and oxygen atoms in total. The molecule has 0 unspecified atom stereocenters. The molecule has 1 saturated carbocycles. The van der Waals surface area contributed by atoms with Crippen molar-refractivity contribution in [1.82, 2.24) is 10.3 Å². The van der Waals surface area contributed by atoms with E-state index < -0.39 is 0 Å². The van der Waals surface area contributed by atoms with Crippen LogP contribution in [-0.2, 0) is 6.54 Å². The van der Waals surface area contributed by atoms with Gasteiger partial charge in [0.15, 0.2) is 0 Å². The highest BCUT2D eigenvalue weighted by Gasteiger charge is 2.18. The van der Waals surface area contributed by atoms with Gasteiger partial charge < -0.3 is 10.6 Å². The van der Waals surface area contributed by atoms with Crippen LogP contribution >= 0.6 is 11.6 Å². The van der Waals surface area contributed by atoms with Gasteiger partial charge >= 0.3 is 0 Å². The number of aromatic nitrogens is 1. The van der Waals surface area contributed by atoms with Gasteiger partial charge in [0.05, 0.1) is 11.3 Å². The number of hydrogen-bond donors (Lipinski definition) is 2. The largest absolute Gasteiger partial charge is 0.380 e. The lowest BCUT2D eigenvalue weighted by atomic mass is 10.2. The van der Waals surface area contributed by atoms with E-state index in [1.807, 2.05) is 30.3 Å². The predicted octanol–water partition coefficient (Wildman–Crippen LogP) is 4.02. The lowest BCUT2D eigenvalue weighted by Gasteiger charge is -2.13. The van der Waals surface area contributed by atoms with E-state index >= 15 is 0 Å². The average Bonchev–Trinajstić information content (AvgIpc) is 3.07. The molecule has 1 heterocycles. The highest BCUT2D eigenvalue weighted by Crippen LogP contribution is 2.19. The first-order valence-corrected chi connectivity index (χ1v) is 8.33. The number of amides is 1. The Balaban J connectivity index is 1.62. The molecular weight excluding hydrogens is 310 g/mol. The fraction of sp³-hybridized carbons (Fsp3) is 0.333. The number of pyridine rings is 1. The van der Waals surface area contributed by atoms with E-state index in [4.69, 9.17) is 11.6 Å². The third kappa shape index (κ3) is 4.23. The minimum atomic E-state index is -0.0502. The van der Waals surface area contributed by atoms with Gasteiger partial charge in [0.25, 0.3) is 5.91 Å². The van der Waals surface area contributed by atoms with Crippen LogP contribution in [0.4, 0.5) is 5.69 Å². The number of nitrogens with zero attached hydrogens (tertiary/aromatic N) is 1. The number of benzene rings is 1. The lowest BCUT2D eigenvalue weighted by Crippen LogP contribution is -2.32. The first-order valence-electron chi connectivity index (χ1n) is 7.95. The van der Waals surface area contributed by atoms with Crippen molar-refractivity contribution in [2.24, 2.45) is 0 Å². The molecule has 1 aromatic heterocycles. The maximum atomic E-state index is 12.3. The van der Waals surface area contributed by atoms with Gasteiger partial charge in [-0.25, -0.2) is 0 Å². The van der Waals surface area contributed by atoms with E-state index in [-0.39, 0.29) is 5.91 Å². The van der Waals surface area contributed by atoms with Gasteiger partial charge in [-0.2, -0.15) is 0 Å². The van der Waals surface area contributed by atoms with Gasteiger partial charge in [-0.3, -0.25) is 9.78 Å². The molecular formula is C18H20ClN3O. The number of rotatable bonds is 5. The second kappa shape index (κ2) is 7.47. The van der Waals surface area contributed by atoms with E-state index in [1.165, 1.54) is 12.8 Å². The van der Waals surface area contributed by atoms with Gasteiger partial charge in [-0.15, -0.1) is 0 Å². The van der Waals surface area contributed by atoms with Crippen molar-refractivity contribution >= 4 is 23.2 Å². The zero-order chi connectivity index (χ0) is 16.1. The molecule has 0 aliphatic heterocycles. The molecule has 1 fully saturated rings. The van der Waals surface area contributed by atoms with Crippen LogP contribution in [0.3, 0.4) is 0 Å². The smallest absolute Gasteiger partial charge is 0.253 e. The number of hydrogen-bond acceptors (Lipinski definition) is 3. The second-order valence-electron chi connectivity index (χ2n) is 5.86. The van der Waals surface area contributed by atoms with Crippen LogP contribution in [-0.4, -0.2) is 16.9 Å². The maximum absolute atomic E-state index is 12.3. The van der Waals surface area contributed by atoms with Crippen LogP contribution < -0.4 is 10.6 Å². The van der Waals surface area contributed by atoms with Crippen molar-refractivity contribution < 1.29 is 4.79 Å². The molecule has 0 saturated heterocycles. The van der Waals surface area contributed by atoms with Gasteiger partial charge in [0.1, 0.15) is 0 Å². The quantitative estimate of drug-likeness (QED) is 0.871. The normalized spacial score (nSPS) is 14.7. The average molecular weight is 330 g/mol. The summed E-state index contributed by atoms with van der Waals surface area (Å²) in [7, 11) is 0. The van der Waals surface area contributed by atoms with Crippen molar-refractivity contribution in [3.8, 4) is 0 Å². The monoisotopic (exact) mass is 329 g/mol. The molecule has 3 rings (SSSR count). The van der Waals surface area contributed by atoms with Gasteiger partial charge in [-0.05, 0) is 30.5 Å². The summed E-state index contributed by atoms with van der Waals surface area (Å²) in [5, 5.41) is 7.07. The molecule has 0 atom stereocenters. The standard InChI is InChI=1S/C18H20ClN3O/c19-17-8-4-1-5-13(17)11-21-16-9-14(10-20-12-16)18(23)22-15-6-2-3-7-15/h1,4-5,8-10,12,15,21H,2-3,6-7,11H2,(H,22,23). The molecule has 2 aromatic rings. The molecule has 1 amide bonds. The fourth-order valence-corrected chi connectivity index (χ4v) is 3.04. The zero-order valence-electron chi connectivity index (χ0n) is 12.9. The summed E-state index contributed by atoms with van der Waals surface area (Å²) in [6.07, 6.45) is 7.85. The Morgan fingerprint density at radius 2 is 2.00 bits per heavy atom. The van der Waals surface area contributed by atoms with Gasteiger partial charge in [0, 0.05) is 30.0 Å². The third-order valence-corrected chi connectivity index (χ3v) is 4.50. The third-order valence-electron chi connectivity index (χ3n) is 4.13. The van der Waals surface area contributed by atoms with E-state index in [1.54, 1.807) is 12.4 Å². The van der Waals surface area contributed by atoms with Crippen molar-refractivity contribution in [2.75, 3.05) is 5.32 Å². The Labute approximate surface area is 141 Å². The lowest BCUT2D eigenvalue weighted by molar-refractivity contribution is 0.0937. The number of nitrogens with one attached hydrogen (secondary N) is 2. The molecule has 23 heavy (non-hydrogen) atoms. The fourth-order valence-electron chi connectivity index (χ4n) is 2.84. The minimum Gasteiger partial charge on any atom is -0.380 e. The Morgan fingerprint density at radius 3 is 2.78 bits per heavy atom. The van der Waals surface area contributed by atoms with Crippen LogP contribution in [0.5, 0.6) is 0 Å². The molecule has 1 aliphatic carbocycles. The molecule has 1 aliphatic rings. The Morgan fingerprint density at radius 1 is 1.22 bits per heavy atom. The van der Waals surface area contributed by atoms with Gasteiger partial charge in [-0.1, -0.05) is 42.6 Å². The summed E-state index contributed by atoms with van der Waals surface area (Å²) >= 11 is 6.15. The first-order chi connectivity index (χ1) is 11.2. The Kier molecular flexibility index (Phi) is 5.13. The van der Waals surface area contributed by atoms with Crippen molar-refractivity contribution in [3.63, 3.8) is 0 Å². The SMILES string of the molecule is O=C(NC1CCCC1)c1cncc(NCc2ccccc2Cl)c1. The van der Waals surface area contributed by atoms with Crippen molar-refractivity contribution in [1.29, 1.82) is 0 Å². The summed E-state index contributed by atoms with van der Waals surface area (Å²) in [6.45, 7) is 0.592. The first kappa shape index (κ1) is 15.8. The molecule has 120 valence electrons. The van der Waals surface area contributed by atoms with E-state index in [2.05, 4.69) is 15.6 Å². The highest BCUT2D eigenvalue weighted by molar-refractivity contribution is 6.31. The summed E-state index contributed by atoms with van der Waals surface area (Å²) < 4.78 is 0. The molecule has 2 N–H and O–H groups in total. The number of carbonyl (C=O) groups is 1. The molecule has 1 aromatic carbocycles. The second-order valence-corrected chi connectivity index (χ2v) is 6.27. The minimum absolute atomic E-state index is 0.0502. The topological polar surface area (TPSA) is 54.0 Å². The van der Waals surface area contributed by atoms with Crippen LogP contribution in [0.1, 0.15) is 41.6 Å². The molecule has 5 heteroatoms. The summed E-state index contributed by atoms with van der Waals surface area (Å²) in [4.78, 5) is 16.4. The number of carbonyl (C=O) groups excluding carboxylic acids is 1. The maximum Gasteiger partial charge on any atom is 0.253 e. The van der Waals surface area contributed by atoms with Crippen LogP contribution in [0.25, 0.3) is 0 Å². The van der Waals surface area contributed by atoms with E-state index in [9.17, 15) is 4.79 Å². The van der Waals surface area contributed by atoms with Gasteiger partial charge in [0.2, 0.25) is 0 Å². The summed E-state index contributed by atoms with van der Waals surface area (Å²) in [5.74, 6) is -0.0502. The van der Waals surface area contributed by atoms with Crippen molar-refractivity contribution in [2.45, 2.75) is 38.3 Å². The molecule has 0 radical (unpaired) electrons. The van der Waals surface area contributed by atoms with Crippen molar-refractivity contribution in [3.05, 3.63) is 58.9 Å². The number of anilines is 1. The van der Waals surface area contributed by atoms with E-state index in [0.29, 0.717) is 18.2 Å². The van der Waals surface area contributed by atoms with Crippen LogP contribution in [0.15, 0.2) is 42.7 Å². The number of halogens is 1. The molecule has 0 bridgehead atoms. The van der Waals surface area contributed by atoms with E-state index in [0.717, 1.165) is 29.1 Å². The summed E-state index contributed by atoms with van der Waals surface area (Å²) in [5.41, 5.74) is 2.40. The Hall–Kier alpha value is -2.07. The Bertz CT molecular complexity index is 683. The zero-order valence-corrected chi connectivity index (χ0v) is 13.6. The summed E-state index contributed by atoms with van der Waals surface area (Å²) in [6, 6.07) is 9.83. The van der Waals surface area contributed by atoms with Crippen LogP contribution in [0, 0.1) is 0 Å².